The molecule has 2 heterocycles. The first-order chi connectivity index (χ1) is 13.1. The summed E-state index contributed by atoms with van der Waals surface area (Å²) >= 11 is 3.39. The number of hydrogen-bond donors (Lipinski definition) is 1. The highest BCUT2D eigenvalue weighted by molar-refractivity contribution is 9.10. The lowest BCUT2D eigenvalue weighted by Crippen LogP contribution is -2.44. The van der Waals surface area contributed by atoms with Gasteiger partial charge >= 0.3 is 0 Å². The van der Waals surface area contributed by atoms with Crippen LogP contribution in [0.25, 0.3) is 0 Å². The van der Waals surface area contributed by atoms with Gasteiger partial charge in [0, 0.05) is 35.9 Å². The lowest BCUT2D eigenvalue weighted by atomic mass is 10.0. The van der Waals surface area contributed by atoms with Crippen LogP contribution in [0.5, 0.6) is 11.6 Å². The molecule has 0 radical (unpaired) electrons. The third kappa shape index (κ3) is 6.04. The van der Waals surface area contributed by atoms with Crippen LogP contribution in [0.1, 0.15) is 43.0 Å². The van der Waals surface area contributed by atoms with Crippen LogP contribution in [-0.2, 0) is 0 Å². The molecule has 2 aromatic rings. The number of pyridine rings is 1. The van der Waals surface area contributed by atoms with Crippen molar-refractivity contribution in [2.24, 2.45) is 0 Å². The maximum absolute atomic E-state index is 12.5. The number of piperidine rings is 1. The van der Waals surface area contributed by atoms with Gasteiger partial charge in [-0.2, -0.15) is 0 Å². The molecule has 1 aromatic carbocycles. The number of amides is 1. The van der Waals surface area contributed by atoms with Crippen molar-refractivity contribution in [2.75, 3.05) is 19.6 Å². The van der Waals surface area contributed by atoms with E-state index in [-0.39, 0.29) is 11.9 Å². The number of rotatable bonds is 7. The minimum Gasteiger partial charge on any atom is -0.439 e. The van der Waals surface area contributed by atoms with E-state index in [0.717, 1.165) is 30.4 Å². The average Bonchev–Trinajstić information content (AvgIpc) is 2.70. The van der Waals surface area contributed by atoms with Gasteiger partial charge in [-0.1, -0.05) is 29.3 Å². The highest BCUT2D eigenvalue weighted by Gasteiger charge is 2.20. The summed E-state index contributed by atoms with van der Waals surface area (Å²) in [5.74, 6) is 1.11. The van der Waals surface area contributed by atoms with Crippen LogP contribution < -0.4 is 10.1 Å². The van der Waals surface area contributed by atoms with Crippen molar-refractivity contribution >= 4 is 21.8 Å². The fraction of sp³-hybridized carbons (Fsp3) is 0.429. The third-order valence-electron chi connectivity index (χ3n) is 4.79. The van der Waals surface area contributed by atoms with E-state index in [4.69, 9.17) is 4.74 Å². The second kappa shape index (κ2) is 9.85. The molecule has 1 aliphatic rings. The number of aromatic nitrogens is 1. The molecule has 1 N–H and O–H groups in total. The van der Waals surface area contributed by atoms with Crippen molar-refractivity contribution in [3.05, 3.63) is 52.6 Å². The van der Waals surface area contributed by atoms with Crippen LogP contribution in [-0.4, -0.2) is 41.5 Å². The smallest absolute Gasteiger partial charge is 0.253 e. The van der Waals surface area contributed by atoms with Gasteiger partial charge in [0.25, 0.3) is 5.91 Å². The number of benzene rings is 1. The molecule has 1 fully saturated rings. The first-order valence-corrected chi connectivity index (χ1v) is 10.4. The fourth-order valence-corrected chi connectivity index (χ4v) is 3.41. The van der Waals surface area contributed by atoms with E-state index in [1.54, 1.807) is 18.3 Å². The van der Waals surface area contributed by atoms with Crippen LogP contribution in [0.4, 0.5) is 0 Å². The van der Waals surface area contributed by atoms with E-state index >= 15 is 0 Å². The minimum absolute atomic E-state index is 0.0651. The number of carbonyl (C=O) groups is 1. The van der Waals surface area contributed by atoms with E-state index in [0.29, 0.717) is 17.2 Å². The molecule has 6 heteroatoms. The molecule has 1 amide bonds. The zero-order valence-electron chi connectivity index (χ0n) is 15.7. The van der Waals surface area contributed by atoms with E-state index in [9.17, 15) is 4.79 Å². The Morgan fingerprint density at radius 2 is 1.96 bits per heavy atom. The number of ether oxygens (including phenoxy) is 1. The van der Waals surface area contributed by atoms with Crippen LogP contribution >= 0.6 is 15.9 Å². The van der Waals surface area contributed by atoms with Gasteiger partial charge in [0.2, 0.25) is 5.88 Å². The maximum atomic E-state index is 12.5. The van der Waals surface area contributed by atoms with E-state index in [1.165, 1.54) is 19.4 Å². The highest BCUT2D eigenvalue weighted by Crippen LogP contribution is 2.22. The monoisotopic (exact) mass is 431 g/mol. The predicted octanol–water partition coefficient (Wildman–Crippen LogP) is 4.63. The van der Waals surface area contributed by atoms with E-state index in [2.05, 4.69) is 38.1 Å². The highest BCUT2D eigenvalue weighted by atomic mass is 79.9. The molecule has 5 nitrogen and oxygen atoms in total. The van der Waals surface area contributed by atoms with Gasteiger partial charge < -0.3 is 15.0 Å². The third-order valence-corrected chi connectivity index (χ3v) is 5.31. The van der Waals surface area contributed by atoms with Crippen LogP contribution in [0, 0.1) is 0 Å². The summed E-state index contributed by atoms with van der Waals surface area (Å²) in [4.78, 5) is 19.2. The molecule has 27 heavy (non-hydrogen) atoms. The first kappa shape index (κ1) is 19.8. The molecule has 0 unspecified atom stereocenters. The number of carbonyl (C=O) groups excluding carboxylic acids is 1. The van der Waals surface area contributed by atoms with Crippen molar-refractivity contribution in [1.29, 1.82) is 0 Å². The molecule has 1 saturated heterocycles. The summed E-state index contributed by atoms with van der Waals surface area (Å²) in [6.45, 7) is 5.50. The van der Waals surface area contributed by atoms with Crippen LogP contribution in [0.15, 0.2) is 47.1 Å². The summed E-state index contributed by atoms with van der Waals surface area (Å²) in [7, 11) is 0. The molecule has 0 atom stereocenters. The van der Waals surface area contributed by atoms with Crippen molar-refractivity contribution in [2.45, 2.75) is 38.6 Å². The van der Waals surface area contributed by atoms with Crippen molar-refractivity contribution in [3.63, 3.8) is 0 Å². The summed E-state index contributed by atoms with van der Waals surface area (Å²) in [6, 6.07) is 11.3. The Bertz CT molecular complexity index is 726. The fourth-order valence-electron chi connectivity index (χ4n) is 3.15. The SMILES string of the molecule is CCCCN1CCC(NC(=O)c2ccc(Oc3ccc(Br)cc3)nc2)CC1. The van der Waals surface area contributed by atoms with Gasteiger partial charge in [0.05, 0.1) is 5.56 Å². The summed E-state index contributed by atoms with van der Waals surface area (Å²) in [5.41, 5.74) is 0.562. The largest absolute Gasteiger partial charge is 0.439 e. The lowest BCUT2D eigenvalue weighted by molar-refractivity contribution is 0.0910. The van der Waals surface area contributed by atoms with E-state index < -0.39 is 0 Å². The Morgan fingerprint density at radius 1 is 1.22 bits per heavy atom. The Balaban J connectivity index is 1.48. The average molecular weight is 432 g/mol. The number of nitrogens with zero attached hydrogens (tertiary/aromatic N) is 2. The van der Waals surface area contributed by atoms with Gasteiger partial charge in [-0.3, -0.25) is 4.79 Å². The molecule has 3 rings (SSSR count). The van der Waals surface area contributed by atoms with Gasteiger partial charge in [0.15, 0.2) is 0 Å². The van der Waals surface area contributed by atoms with Crippen molar-refractivity contribution < 1.29 is 9.53 Å². The lowest BCUT2D eigenvalue weighted by Gasteiger charge is -2.32. The molecule has 0 bridgehead atoms. The van der Waals surface area contributed by atoms with Crippen molar-refractivity contribution in [1.82, 2.24) is 15.2 Å². The standard InChI is InChI=1S/C21H26BrN3O2/c1-2-3-12-25-13-10-18(11-14-25)24-21(26)16-4-9-20(23-15-16)27-19-7-5-17(22)6-8-19/h4-9,15,18H,2-3,10-14H2,1H3,(H,24,26). The zero-order chi connectivity index (χ0) is 19.1. The summed E-state index contributed by atoms with van der Waals surface area (Å²) in [5, 5.41) is 3.14. The number of hydrogen-bond acceptors (Lipinski definition) is 4. The zero-order valence-corrected chi connectivity index (χ0v) is 17.2. The van der Waals surface area contributed by atoms with Gasteiger partial charge in [0.1, 0.15) is 5.75 Å². The normalized spacial score (nSPS) is 15.5. The molecule has 0 aliphatic carbocycles. The quantitative estimate of drug-likeness (QED) is 0.693. The second-order valence-corrected chi connectivity index (χ2v) is 7.80. The molecule has 1 aromatic heterocycles. The van der Waals surface area contributed by atoms with Gasteiger partial charge in [-0.15, -0.1) is 0 Å². The van der Waals surface area contributed by atoms with Gasteiger partial charge in [-0.25, -0.2) is 4.98 Å². The minimum atomic E-state index is -0.0651. The molecule has 0 saturated carbocycles. The number of halogens is 1. The van der Waals surface area contributed by atoms with Crippen molar-refractivity contribution in [3.8, 4) is 11.6 Å². The van der Waals surface area contributed by atoms with Gasteiger partial charge in [-0.05, 0) is 56.1 Å². The Hall–Kier alpha value is -1.92. The molecule has 144 valence electrons. The Morgan fingerprint density at radius 3 is 2.59 bits per heavy atom. The molecular weight excluding hydrogens is 406 g/mol. The number of unbranched alkanes of at least 4 members (excludes halogenated alkanes) is 1. The van der Waals surface area contributed by atoms with E-state index in [1.807, 2.05) is 24.3 Å². The summed E-state index contributed by atoms with van der Waals surface area (Å²) < 4.78 is 6.68. The predicted molar refractivity (Wildman–Crippen MR) is 110 cm³/mol. The molecule has 1 aliphatic heterocycles. The van der Waals surface area contributed by atoms with Crippen LogP contribution in [0.3, 0.4) is 0 Å². The van der Waals surface area contributed by atoms with Crippen LogP contribution in [0.2, 0.25) is 0 Å². The summed E-state index contributed by atoms with van der Waals surface area (Å²) in [6.07, 6.45) is 6.06. The Kier molecular flexibility index (Phi) is 7.24. The first-order valence-electron chi connectivity index (χ1n) is 9.56. The molecular formula is C21H26BrN3O2. The topological polar surface area (TPSA) is 54.5 Å². The molecule has 0 spiro atoms. The number of nitrogens with one attached hydrogen (secondary N) is 1. The number of likely N-dealkylation sites (tertiary alicyclic amines) is 1. The Labute approximate surface area is 169 Å². The maximum Gasteiger partial charge on any atom is 0.253 e. The second-order valence-electron chi connectivity index (χ2n) is 6.88.